The van der Waals surface area contributed by atoms with Crippen molar-refractivity contribution in [3.8, 4) is 0 Å². The van der Waals surface area contributed by atoms with Crippen molar-refractivity contribution >= 4 is 11.6 Å². The number of hydrogen-bond acceptors (Lipinski definition) is 2. The molecule has 0 atom stereocenters. The van der Waals surface area contributed by atoms with E-state index in [1.807, 2.05) is 23.1 Å². The quantitative estimate of drug-likeness (QED) is 0.833. The highest BCUT2D eigenvalue weighted by Gasteiger charge is 2.22. The minimum atomic E-state index is 0.0260. The van der Waals surface area contributed by atoms with Gasteiger partial charge in [0.15, 0.2) is 0 Å². The summed E-state index contributed by atoms with van der Waals surface area (Å²) in [6, 6.07) is 8.15. The summed E-state index contributed by atoms with van der Waals surface area (Å²) in [5.74, 6) is 0.0260. The van der Waals surface area contributed by atoms with E-state index in [1.165, 1.54) is 5.56 Å². The van der Waals surface area contributed by atoms with Crippen molar-refractivity contribution in [3.05, 3.63) is 47.8 Å². The van der Waals surface area contributed by atoms with Gasteiger partial charge in [0.1, 0.15) is 0 Å². The lowest BCUT2D eigenvalue weighted by molar-refractivity contribution is 0.0987. The van der Waals surface area contributed by atoms with E-state index in [0.717, 1.165) is 31.5 Å². The van der Waals surface area contributed by atoms with Gasteiger partial charge in [-0.3, -0.25) is 9.89 Å². The second kappa shape index (κ2) is 4.64. The number of para-hydroxylation sites is 1. The van der Waals surface area contributed by atoms with Crippen molar-refractivity contribution in [2.45, 2.75) is 19.3 Å². The highest BCUT2D eigenvalue weighted by atomic mass is 16.2. The molecule has 2 aromatic rings. The van der Waals surface area contributed by atoms with Gasteiger partial charge in [-0.25, -0.2) is 0 Å². The fourth-order valence-electron chi connectivity index (χ4n) is 2.43. The van der Waals surface area contributed by atoms with Gasteiger partial charge in [0.2, 0.25) is 0 Å². The van der Waals surface area contributed by atoms with Crippen molar-refractivity contribution in [3.63, 3.8) is 0 Å². The molecular weight excluding hydrogens is 226 g/mol. The van der Waals surface area contributed by atoms with E-state index in [-0.39, 0.29) is 5.91 Å². The van der Waals surface area contributed by atoms with Crippen LogP contribution in [0.4, 0.5) is 5.69 Å². The largest absolute Gasteiger partial charge is 0.308 e. The van der Waals surface area contributed by atoms with Gasteiger partial charge in [-0.15, -0.1) is 0 Å². The highest BCUT2D eigenvalue weighted by Crippen LogP contribution is 2.27. The first-order chi connectivity index (χ1) is 8.86. The number of H-pyrrole nitrogens is 1. The van der Waals surface area contributed by atoms with Crippen molar-refractivity contribution in [2.24, 2.45) is 0 Å². The molecular formula is C14H15N3O. The molecule has 0 aliphatic carbocycles. The third-order valence-electron chi connectivity index (χ3n) is 3.35. The van der Waals surface area contributed by atoms with Crippen LogP contribution < -0.4 is 4.90 Å². The first-order valence-electron chi connectivity index (χ1n) is 6.25. The Morgan fingerprint density at radius 1 is 1.28 bits per heavy atom. The molecule has 2 heterocycles. The number of amides is 1. The molecule has 1 amide bonds. The van der Waals surface area contributed by atoms with Crippen LogP contribution in [-0.2, 0) is 6.42 Å². The van der Waals surface area contributed by atoms with E-state index < -0.39 is 0 Å². The molecule has 0 saturated carbocycles. The fourth-order valence-corrected chi connectivity index (χ4v) is 2.43. The predicted molar refractivity (Wildman–Crippen MR) is 69.6 cm³/mol. The minimum Gasteiger partial charge on any atom is -0.308 e. The Morgan fingerprint density at radius 3 is 3.00 bits per heavy atom. The number of nitrogens with zero attached hydrogens (tertiary/aromatic N) is 2. The van der Waals surface area contributed by atoms with Gasteiger partial charge in [0.05, 0.1) is 11.8 Å². The third kappa shape index (κ3) is 1.90. The minimum absolute atomic E-state index is 0.0260. The topological polar surface area (TPSA) is 49.0 Å². The zero-order chi connectivity index (χ0) is 12.4. The number of rotatable bonds is 1. The maximum atomic E-state index is 12.4. The van der Waals surface area contributed by atoms with Gasteiger partial charge in [-0.1, -0.05) is 18.2 Å². The highest BCUT2D eigenvalue weighted by molar-refractivity contribution is 6.06. The van der Waals surface area contributed by atoms with Gasteiger partial charge in [-0.2, -0.15) is 5.10 Å². The molecule has 0 bridgehead atoms. The molecule has 1 aromatic heterocycles. The number of benzene rings is 1. The average molecular weight is 241 g/mol. The SMILES string of the molecule is O=C(c1cn[nH]c1)N1CCCCc2ccccc21. The van der Waals surface area contributed by atoms with Gasteiger partial charge < -0.3 is 4.90 Å². The normalized spacial score (nSPS) is 15.0. The summed E-state index contributed by atoms with van der Waals surface area (Å²) in [5.41, 5.74) is 2.92. The number of hydrogen-bond donors (Lipinski definition) is 1. The monoisotopic (exact) mass is 241 g/mol. The van der Waals surface area contributed by atoms with Crippen molar-refractivity contribution in [2.75, 3.05) is 11.4 Å². The molecule has 92 valence electrons. The molecule has 0 saturated heterocycles. The molecule has 0 unspecified atom stereocenters. The number of aromatic amines is 1. The standard InChI is InChI=1S/C14H15N3O/c18-14(12-9-15-16-10-12)17-8-4-3-6-11-5-1-2-7-13(11)17/h1-2,5,7,9-10H,3-4,6,8H2,(H,15,16). The Balaban J connectivity index is 1.99. The molecule has 3 rings (SSSR count). The lowest BCUT2D eigenvalue weighted by Crippen LogP contribution is -2.31. The average Bonchev–Trinajstić information content (AvgIpc) is 2.85. The zero-order valence-electron chi connectivity index (χ0n) is 10.1. The number of fused-ring (bicyclic) bond motifs is 1. The number of nitrogens with one attached hydrogen (secondary N) is 1. The summed E-state index contributed by atoms with van der Waals surface area (Å²) >= 11 is 0. The number of anilines is 1. The fraction of sp³-hybridized carbons (Fsp3) is 0.286. The van der Waals surface area contributed by atoms with Crippen molar-refractivity contribution in [1.82, 2.24) is 10.2 Å². The van der Waals surface area contributed by atoms with E-state index >= 15 is 0 Å². The number of aryl methyl sites for hydroxylation is 1. The molecule has 18 heavy (non-hydrogen) atoms. The van der Waals surface area contributed by atoms with Crippen molar-refractivity contribution in [1.29, 1.82) is 0 Å². The second-order valence-corrected chi connectivity index (χ2v) is 4.53. The summed E-state index contributed by atoms with van der Waals surface area (Å²) in [4.78, 5) is 14.3. The maximum absolute atomic E-state index is 12.4. The van der Waals surface area contributed by atoms with Gasteiger partial charge >= 0.3 is 0 Å². The Labute approximate surface area is 106 Å². The first kappa shape index (κ1) is 11.0. The van der Waals surface area contributed by atoms with E-state index in [2.05, 4.69) is 16.3 Å². The first-order valence-corrected chi connectivity index (χ1v) is 6.25. The van der Waals surface area contributed by atoms with E-state index in [9.17, 15) is 4.79 Å². The Bertz CT molecular complexity index is 548. The molecule has 4 nitrogen and oxygen atoms in total. The van der Waals surface area contributed by atoms with Crippen molar-refractivity contribution < 1.29 is 4.79 Å². The summed E-state index contributed by atoms with van der Waals surface area (Å²) in [6.45, 7) is 0.779. The van der Waals surface area contributed by atoms with Gasteiger partial charge in [0.25, 0.3) is 5.91 Å². The molecule has 1 aliphatic heterocycles. The van der Waals surface area contributed by atoms with E-state index in [4.69, 9.17) is 0 Å². The molecule has 0 spiro atoms. The number of carbonyl (C=O) groups excluding carboxylic acids is 1. The lowest BCUT2D eigenvalue weighted by Gasteiger charge is -2.22. The second-order valence-electron chi connectivity index (χ2n) is 4.53. The van der Waals surface area contributed by atoms with Crippen LogP contribution in [0.1, 0.15) is 28.8 Å². The zero-order valence-corrected chi connectivity index (χ0v) is 10.1. The molecule has 0 radical (unpaired) electrons. The summed E-state index contributed by atoms with van der Waals surface area (Å²) < 4.78 is 0. The van der Waals surface area contributed by atoms with Crippen LogP contribution in [0.25, 0.3) is 0 Å². The number of carbonyl (C=O) groups is 1. The van der Waals surface area contributed by atoms with Crippen LogP contribution in [0.15, 0.2) is 36.7 Å². The van der Waals surface area contributed by atoms with Gasteiger partial charge in [-0.05, 0) is 30.9 Å². The summed E-state index contributed by atoms with van der Waals surface area (Å²) in [5, 5.41) is 6.54. The van der Waals surface area contributed by atoms with Crippen LogP contribution in [-0.4, -0.2) is 22.6 Å². The maximum Gasteiger partial charge on any atom is 0.261 e. The summed E-state index contributed by atoms with van der Waals surface area (Å²) in [6.07, 6.45) is 6.45. The van der Waals surface area contributed by atoms with E-state index in [1.54, 1.807) is 12.4 Å². The van der Waals surface area contributed by atoms with E-state index in [0.29, 0.717) is 5.56 Å². The Morgan fingerprint density at radius 2 is 2.17 bits per heavy atom. The van der Waals surface area contributed by atoms with Crippen LogP contribution in [0.5, 0.6) is 0 Å². The van der Waals surface area contributed by atoms with Crippen LogP contribution in [0.3, 0.4) is 0 Å². The Kier molecular flexibility index (Phi) is 2.84. The lowest BCUT2D eigenvalue weighted by atomic mass is 10.1. The molecule has 4 heteroatoms. The van der Waals surface area contributed by atoms with Crippen LogP contribution >= 0.6 is 0 Å². The molecule has 1 aliphatic rings. The number of aromatic nitrogens is 2. The van der Waals surface area contributed by atoms with Crippen LogP contribution in [0, 0.1) is 0 Å². The summed E-state index contributed by atoms with van der Waals surface area (Å²) in [7, 11) is 0. The van der Waals surface area contributed by atoms with Gasteiger partial charge in [0, 0.05) is 18.4 Å². The smallest absolute Gasteiger partial charge is 0.261 e. The molecule has 0 fully saturated rings. The third-order valence-corrected chi connectivity index (χ3v) is 3.35. The molecule has 1 aromatic carbocycles. The Hall–Kier alpha value is -2.10. The van der Waals surface area contributed by atoms with Crippen LogP contribution in [0.2, 0.25) is 0 Å². The molecule has 1 N–H and O–H groups in total. The predicted octanol–water partition coefficient (Wildman–Crippen LogP) is 2.39.